The molecule has 0 aliphatic rings. The van der Waals surface area contributed by atoms with Gasteiger partial charge in [0.25, 0.3) is 0 Å². The lowest BCUT2D eigenvalue weighted by Gasteiger charge is -2.04. The van der Waals surface area contributed by atoms with Crippen molar-refractivity contribution < 1.29 is 14.3 Å². The van der Waals surface area contributed by atoms with E-state index in [-0.39, 0.29) is 5.82 Å². The van der Waals surface area contributed by atoms with Crippen LogP contribution < -0.4 is 0 Å². The SMILES string of the molecule is O=C(O)C=Cc1cc(F)cc(CSCc2ccccc2)c1. The van der Waals surface area contributed by atoms with Gasteiger partial charge >= 0.3 is 5.97 Å². The molecule has 108 valence electrons. The summed E-state index contributed by atoms with van der Waals surface area (Å²) in [5, 5.41) is 8.60. The van der Waals surface area contributed by atoms with E-state index in [2.05, 4.69) is 12.1 Å². The molecule has 0 saturated heterocycles. The number of thioether (sulfide) groups is 1. The van der Waals surface area contributed by atoms with E-state index in [0.717, 1.165) is 17.4 Å². The Kier molecular flexibility index (Phi) is 5.58. The van der Waals surface area contributed by atoms with Crippen LogP contribution in [0.1, 0.15) is 16.7 Å². The van der Waals surface area contributed by atoms with Crippen LogP contribution in [0.25, 0.3) is 6.08 Å². The Bertz CT molecular complexity index is 638. The molecule has 2 aromatic rings. The maximum absolute atomic E-state index is 13.5. The van der Waals surface area contributed by atoms with Gasteiger partial charge in [-0.05, 0) is 34.9 Å². The van der Waals surface area contributed by atoms with Crippen LogP contribution in [-0.2, 0) is 16.3 Å². The Hall–Kier alpha value is -2.07. The summed E-state index contributed by atoms with van der Waals surface area (Å²) in [6, 6.07) is 14.7. The molecule has 0 saturated carbocycles. The van der Waals surface area contributed by atoms with E-state index in [4.69, 9.17) is 5.11 Å². The predicted octanol–water partition coefficient (Wildman–Crippen LogP) is 4.36. The van der Waals surface area contributed by atoms with Gasteiger partial charge in [0.1, 0.15) is 5.82 Å². The lowest BCUT2D eigenvalue weighted by Crippen LogP contribution is -1.89. The van der Waals surface area contributed by atoms with Crippen molar-refractivity contribution in [2.24, 2.45) is 0 Å². The molecule has 4 heteroatoms. The molecule has 0 spiro atoms. The minimum Gasteiger partial charge on any atom is -0.478 e. The highest BCUT2D eigenvalue weighted by molar-refractivity contribution is 7.97. The molecular weight excluding hydrogens is 287 g/mol. The highest BCUT2D eigenvalue weighted by Crippen LogP contribution is 2.20. The normalized spacial score (nSPS) is 10.9. The molecule has 21 heavy (non-hydrogen) atoms. The zero-order valence-corrected chi connectivity index (χ0v) is 12.1. The molecule has 0 atom stereocenters. The van der Waals surface area contributed by atoms with Crippen molar-refractivity contribution in [1.29, 1.82) is 0 Å². The monoisotopic (exact) mass is 302 g/mol. The Morgan fingerprint density at radius 3 is 2.52 bits per heavy atom. The van der Waals surface area contributed by atoms with Gasteiger partial charge in [0.2, 0.25) is 0 Å². The first-order valence-electron chi connectivity index (χ1n) is 6.45. The quantitative estimate of drug-likeness (QED) is 0.806. The number of rotatable bonds is 6. The van der Waals surface area contributed by atoms with Gasteiger partial charge in [-0.1, -0.05) is 36.4 Å². The fourth-order valence-corrected chi connectivity index (χ4v) is 2.82. The van der Waals surface area contributed by atoms with Crippen molar-refractivity contribution >= 4 is 23.8 Å². The zero-order chi connectivity index (χ0) is 15.1. The molecule has 0 bridgehead atoms. The number of benzene rings is 2. The number of carboxylic acid groups (broad SMARTS) is 1. The van der Waals surface area contributed by atoms with Crippen LogP contribution in [0.2, 0.25) is 0 Å². The van der Waals surface area contributed by atoms with Gasteiger partial charge < -0.3 is 5.11 Å². The Morgan fingerprint density at radius 2 is 1.81 bits per heavy atom. The second-order valence-electron chi connectivity index (χ2n) is 4.54. The van der Waals surface area contributed by atoms with Crippen LogP contribution in [-0.4, -0.2) is 11.1 Å². The topological polar surface area (TPSA) is 37.3 Å². The number of carbonyl (C=O) groups is 1. The van der Waals surface area contributed by atoms with Crippen molar-refractivity contribution in [2.45, 2.75) is 11.5 Å². The molecule has 0 aliphatic heterocycles. The van der Waals surface area contributed by atoms with Crippen molar-refractivity contribution in [3.8, 4) is 0 Å². The molecule has 0 unspecified atom stereocenters. The van der Waals surface area contributed by atoms with Crippen LogP contribution in [0, 0.1) is 5.82 Å². The number of halogens is 1. The van der Waals surface area contributed by atoms with E-state index in [1.165, 1.54) is 23.8 Å². The van der Waals surface area contributed by atoms with E-state index >= 15 is 0 Å². The minimum atomic E-state index is -1.04. The van der Waals surface area contributed by atoms with E-state index in [1.807, 2.05) is 18.2 Å². The van der Waals surface area contributed by atoms with Gasteiger partial charge in [-0.15, -0.1) is 0 Å². The number of hydrogen-bond donors (Lipinski definition) is 1. The summed E-state index contributed by atoms with van der Waals surface area (Å²) in [5.74, 6) is 0.148. The average molecular weight is 302 g/mol. The van der Waals surface area contributed by atoms with Crippen molar-refractivity contribution in [3.05, 3.63) is 77.1 Å². The molecule has 0 amide bonds. The molecule has 0 aromatic heterocycles. The lowest BCUT2D eigenvalue weighted by molar-refractivity contribution is -0.131. The van der Waals surface area contributed by atoms with Gasteiger partial charge in [-0.2, -0.15) is 11.8 Å². The van der Waals surface area contributed by atoms with E-state index in [1.54, 1.807) is 17.8 Å². The predicted molar refractivity (Wildman–Crippen MR) is 84.5 cm³/mol. The first kappa shape index (κ1) is 15.3. The van der Waals surface area contributed by atoms with E-state index in [9.17, 15) is 9.18 Å². The summed E-state index contributed by atoms with van der Waals surface area (Å²) in [6.07, 6.45) is 2.41. The van der Waals surface area contributed by atoms with Gasteiger partial charge in [-0.3, -0.25) is 0 Å². The van der Waals surface area contributed by atoms with E-state index in [0.29, 0.717) is 11.3 Å². The van der Waals surface area contributed by atoms with Gasteiger partial charge in [0.15, 0.2) is 0 Å². The molecule has 0 fully saturated rings. The molecule has 1 N–H and O–H groups in total. The minimum absolute atomic E-state index is 0.349. The third kappa shape index (κ3) is 5.44. The molecule has 2 rings (SSSR count). The number of aliphatic carboxylic acids is 1. The van der Waals surface area contributed by atoms with Crippen molar-refractivity contribution in [2.75, 3.05) is 0 Å². The Morgan fingerprint density at radius 1 is 1.10 bits per heavy atom. The second-order valence-corrected chi connectivity index (χ2v) is 5.53. The molecule has 0 radical (unpaired) electrons. The summed E-state index contributed by atoms with van der Waals surface area (Å²) >= 11 is 1.69. The molecule has 0 heterocycles. The largest absolute Gasteiger partial charge is 0.478 e. The smallest absolute Gasteiger partial charge is 0.328 e. The maximum atomic E-state index is 13.5. The first-order chi connectivity index (χ1) is 10.1. The number of hydrogen-bond acceptors (Lipinski definition) is 2. The Balaban J connectivity index is 1.98. The summed E-state index contributed by atoms with van der Waals surface area (Å²) in [5.41, 5.74) is 2.64. The second kappa shape index (κ2) is 7.64. The van der Waals surface area contributed by atoms with Gasteiger partial charge in [-0.25, -0.2) is 9.18 Å². The van der Waals surface area contributed by atoms with Crippen LogP contribution in [0.5, 0.6) is 0 Å². The average Bonchev–Trinajstić information content (AvgIpc) is 2.46. The summed E-state index contributed by atoms with van der Waals surface area (Å²) in [6.45, 7) is 0. The van der Waals surface area contributed by atoms with Gasteiger partial charge in [0.05, 0.1) is 0 Å². The number of carboxylic acids is 1. The molecular formula is C17H15FO2S. The fraction of sp³-hybridized carbons (Fsp3) is 0.118. The third-order valence-corrected chi connectivity index (χ3v) is 3.85. The highest BCUT2D eigenvalue weighted by Gasteiger charge is 2.01. The molecule has 2 aromatic carbocycles. The Labute approximate surface area is 127 Å². The summed E-state index contributed by atoms with van der Waals surface area (Å²) < 4.78 is 13.5. The van der Waals surface area contributed by atoms with E-state index < -0.39 is 5.97 Å². The third-order valence-electron chi connectivity index (χ3n) is 2.78. The highest BCUT2D eigenvalue weighted by atomic mass is 32.2. The molecule has 2 nitrogen and oxygen atoms in total. The first-order valence-corrected chi connectivity index (χ1v) is 7.61. The molecule has 0 aliphatic carbocycles. The summed E-state index contributed by atoms with van der Waals surface area (Å²) in [7, 11) is 0. The van der Waals surface area contributed by atoms with Crippen molar-refractivity contribution in [3.63, 3.8) is 0 Å². The summed E-state index contributed by atoms with van der Waals surface area (Å²) in [4.78, 5) is 10.5. The van der Waals surface area contributed by atoms with Crippen LogP contribution in [0.3, 0.4) is 0 Å². The maximum Gasteiger partial charge on any atom is 0.328 e. The van der Waals surface area contributed by atoms with Gasteiger partial charge in [0, 0.05) is 17.6 Å². The fourth-order valence-electron chi connectivity index (χ4n) is 1.88. The zero-order valence-electron chi connectivity index (χ0n) is 11.3. The van der Waals surface area contributed by atoms with Crippen molar-refractivity contribution in [1.82, 2.24) is 0 Å². The van der Waals surface area contributed by atoms with Crippen LogP contribution in [0.4, 0.5) is 4.39 Å². The standard InChI is InChI=1S/C17H15FO2S/c18-16-9-14(6-7-17(19)20)8-15(10-16)12-21-11-13-4-2-1-3-5-13/h1-10H,11-12H2,(H,19,20). The van der Waals surface area contributed by atoms with Crippen LogP contribution in [0.15, 0.2) is 54.6 Å². The lowest BCUT2D eigenvalue weighted by atomic mass is 10.1. The van der Waals surface area contributed by atoms with Crippen LogP contribution >= 0.6 is 11.8 Å².